The summed E-state index contributed by atoms with van der Waals surface area (Å²) in [5.41, 5.74) is 5.18. The molecule has 1 nitrogen and oxygen atoms in total. The summed E-state index contributed by atoms with van der Waals surface area (Å²) in [7, 11) is 11.5. The van der Waals surface area contributed by atoms with Crippen LogP contribution in [0.1, 0.15) is 0 Å². The fourth-order valence-corrected chi connectivity index (χ4v) is 12.0. The zero-order valence-corrected chi connectivity index (χ0v) is 16.3. The highest BCUT2D eigenvalue weighted by molar-refractivity contribution is 9.36. The van der Waals surface area contributed by atoms with Crippen LogP contribution in [0.25, 0.3) is 22.5 Å². The Morgan fingerprint density at radius 2 is 1.04 bits per heavy atom. The highest BCUT2D eigenvalue weighted by atomic mass is 33.8. The molecular formula is C17H13NS5. The van der Waals surface area contributed by atoms with E-state index in [1.807, 2.05) is 51.1 Å². The van der Waals surface area contributed by atoms with Crippen LogP contribution in [-0.2, 0) is 7.05 Å². The first-order chi connectivity index (χ1) is 11.4. The SMILES string of the molecule is Cn1c(-c2ccccc2)c2c(c1-c1ccccc1)SSSSS2. The van der Waals surface area contributed by atoms with E-state index in [0.29, 0.717) is 0 Å². The molecule has 1 aliphatic rings. The second kappa shape index (κ2) is 7.15. The van der Waals surface area contributed by atoms with Gasteiger partial charge in [0.15, 0.2) is 0 Å². The Hall–Kier alpha value is -0.530. The fraction of sp³-hybridized carbons (Fsp3) is 0.0588. The van der Waals surface area contributed by atoms with E-state index in [2.05, 4.69) is 72.3 Å². The van der Waals surface area contributed by atoms with Crippen molar-refractivity contribution in [3.05, 3.63) is 60.7 Å². The van der Waals surface area contributed by atoms with Crippen LogP contribution in [0.4, 0.5) is 0 Å². The molecule has 3 aromatic rings. The van der Waals surface area contributed by atoms with E-state index in [-0.39, 0.29) is 0 Å². The van der Waals surface area contributed by atoms with Gasteiger partial charge in [0.1, 0.15) is 0 Å². The molecule has 0 bridgehead atoms. The number of hydrogen-bond acceptors (Lipinski definition) is 5. The topological polar surface area (TPSA) is 4.93 Å². The van der Waals surface area contributed by atoms with Crippen molar-refractivity contribution in [1.82, 2.24) is 4.57 Å². The molecule has 2 heterocycles. The van der Waals surface area contributed by atoms with E-state index in [1.54, 1.807) is 0 Å². The van der Waals surface area contributed by atoms with Crippen molar-refractivity contribution < 1.29 is 0 Å². The van der Waals surface area contributed by atoms with Gasteiger partial charge < -0.3 is 4.57 Å². The predicted octanol–water partition coefficient (Wildman–Crippen LogP) is 7.42. The van der Waals surface area contributed by atoms with Crippen LogP contribution < -0.4 is 0 Å². The lowest BCUT2D eigenvalue weighted by Crippen LogP contribution is -1.95. The van der Waals surface area contributed by atoms with E-state index in [4.69, 9.17) is 0 Å². The van der Waals surface area contributed by atoms with Crippen LogP contribution in [0.5, 0.6) is 0 Å². The van der Waals surface area contributed by atoms with Crippen molar-refractivity contribution in [3.63, 3.8) is 0 Å². The van der Waals surface area contributed by atoms with Gasteiger partial charge in [-0.05, 0) is 62.2 Å². The number of benzene rings is 2. The van der Waals surface area contributed by atoms with Crippen molar-refractivity contribution >= 4 is 51.1 Å². The van der Waals surface area contributed by atoms with Crippen LogP contribution in [0, 0.1) is 0 Å². The molecule has 0 atom stereocenters. The summed E-state index contributed by atoms with van der Waals surface area (Å²) in [5, 5.41) is 0. The summed E-state index contributed by atoms with van der Waals surface area (Å²) >= 11 is 0. The summed E-state index contributed by atoms with van der Waals surface area (Å²) in [6.45, 7) is 0. The Labute approximate surface area is 155 Å². The van der Waals surface area contributed by atoms with Gasteiger partial charge in [0.25, 0.3) is 0 Å². The Bertz CT molecular complexity index is 747. The Morgan fingerprint density at radius 1 is 0.609 bits per heavy atom. The molecular weight excluding hydrogens is 379 g/mol. The van der Waals surface area contributed by atoms with E-state index in [9.17, 15) is 0 Å². The van der Waals surface area contributed by atoms with Crippen LogP contribution in [0.3, 0.4) is 0 Å². The molecule has 0 aliphatic carbocycles. The van der Waals surface area contributed by atoms with Gasteiger partial charge in [-0.3, -0.25) is 0 Å². The number of rotatable bonds is 2. The first-order valence-corrected chi connectivity index (χ1v) is 13.2. The molecule has 6 heteroatoms. The lowest BCUT2D eigenvalue weighted by Gasteiger charge is -2.10. The minimum Gasteiger partial charge on any atom is -0.342 e. The monoisotopic (exact) mass is 391 g/mol. The van der Waals surface area contributed by atoms with E-state index in [1.165, 1.54) is 32.3 Å². The minimum atomic E-state index is 1.28. The molecule has 1 aliphatic heterocycles. The molecule has 0 radical (unpaired) electrons. The van der Waals surface area contributed by atoms with Gasteiger partial charge in [0.05, 0.1) is 21.2 Å². The Morgan fingerprint density at radius 3 is 1.48 bits per heavy atom. The molecule has 0 N–H and O–H groups in total. The number of fused-ring (bicyclic) bond motifs is 1. The number of aromatic nitrogens is 1. The molecule has 0 saturated carbocycles. The second-order valence-electron chi connectivity index (χ2n) is 5.02. The maximum atomic E-state index is 2.35. The van der Waals surface area contributed by atoms with Crippen LogP contribution in [0.2, 0.25) is 0 Å². The Kier molecular flexibility index (Phi) is 4.96. The summed E-state index contributed by atoms with van der Waals surface area (Å²) in [6.07, 6.45) is 0. The standard InChI is InChI=1S/C17H13NS5/c1-18-14(12-8-4-2-5-9-12)16-17(20-22-23-21-19-16)15(18)13-10-6-3-7-11-13/h2-11H,1H3. The first kappa shape index (κ1) is 16.0. The first-order valence-electron chi connectivity index (χ1n) is 7.04. The number of nitrogens with zero attached hydrogens (tertiary/aromatic N) is 1. The Balaban J connectivity index is 1.99. The van der Waals surface area contributed by atoms with Crippen molar-refractivity contribution in [3.8, 4) is 22.5 Å². The van der Waals surface area contributed by atoms with E-state index < -0.39 is 0 Å². The molecule has 0 fully saturated rings. The van der Waals surface area contributed by atoms with Crippen LogP contribution >= 0.6 is 51.1 Å². The molecule has 4 rings (SSSR count). The summed E-state index contributed by atoms with van der Waals surface area (Å²) in [5.74, 6) is 0. The minimum absolute atomic E-state index is 1.28. The number of hydrogen-bond donors (Lipinski definition) is 0. The van der Waals surface area contributed by atoms with Gasteiger partial charge in [0, 0.05) is 7.05 Å². The van der Waals surface area contributed by atoms with Crippen molar-refractivity contribution in [2.45, 2.75) is 9.79 Å². The molecule has 0 unspecified atom stereocenters. The molecule has 23 heavy (non-hydrogen) atoms. The molecule has 0 saturated heterocycles. The molecule has 116 valence electrons. The average molecular weight is 392 g/mol. The third kappa shape index (κ3) is 3.07. The molecule has 2 aromatic carbocycles. The maximum absolute atomic E-state index is 2.35. The highest BCUT2D eigenvalue weighted by Gasteiger charge is 2.26. The average Bonchev–Trinajstić information content (AvgIpc) is 2.74. The predicted molar refractivity (Wildman–Crippen MR) is 111 cm³/mol. The normalized spacial score (nSPS) is 14.3. The lowest BCUT2D eigenvalue weighted by molar-refractivity contribution is 0.936. The molecule has 1 aromatic heterocycles. The van der Waals surface area contributed by atoms with Crippen molar-refractivity contribution in [2.75, 3.05) is 0 Å². The summed E-state index contributed by atoms with van der Waals surface area (Å²) in [6, 6.07) is 21.4. The van der Waals surface area contributed by atoms with Gasteiger partial charge in [-0.25, -0.2) is 0 Å². The maximum Gasteiger partial charge on any atom is 0.0641 e. The quantitative estimate of drug-likeness (QED) is 0.418. The van der Waals surface area contributed by atoms with Gasteiger partial charge in [-0.15, -0.1) is 0 Å². The fourth-order valence-electron chi connectivity index (χ4n) is 2.73. The third-order valence-electron chi connectivity index (χ3n) is 3.69. The van der Waals surface area contributed by atoms with Crippen molar-refractivity contribution in [1.29, 1.82) is 0 Å². The molecule has 0 spiro atoms. The highest BCUT2D eigenvalue weighted by Crippen LogP contribution is 2.63. The summed E-state index contributed by atoms with van der Waals surface area (Å²) in [4.78, 5) is 2.76. The smallest absolute Gasteiger partial charge is 0.0641 e. The lowest BCUT2D eigenvalue weighted by atomic mass is 10.1. The zero-order chi connectivity index (χ0) is 15.6. The van der Waals surface area contributed by atoms with Gasteiger partial charge in [-0.1, -0.05) is 60.7 Å². The zero-order valence-electron chi connectivity index (χ0n) is 12.3. The molecule has 0 amide bonds. The van der Waals surface area contributed by atoms with E-state index >= 15 is 0 Å². The van der Waals surface area contributed by atoms with Gasteiger partial charge >= 0.3 is 0 Å². The van der Waals surface area contributed by atoms with E-state index in [0.717, 1.165) is 0 Å². The third-order valence-corrected chi connectivity index (χ3v) is 12.2. The van der Waals surface area contributed by atoms with Gasteiger partial charge in [0.2, 0.25) is 0 Å². The second-order valence-corrected chi connectivity index (χ2v) is 12.5. The van der Waals surface area contributed by atoms with Crippen molar-refractivity contribution in [2.24, 2.45) is 7.05 Å². The largest absolute Gasteiger partial charge is 0.342 e. The summed E-state index contributed by atoms with van der Waals surface area (Å²) < 4.78 is 2.35. The van der Waals surface area contributed by atoms with Crippen LogP contribution in [-0.4, -0.2) is 4.57 Å². The van der Waals surface area contributed by atoms with Crippen LogP contribution in [0.15, 0.2) is 70.5 Å². The van der Waals surface area contributed by atoms with Gasteiger partial charge in [-0.2, -0.15) is 0 Å².